The predicted molar refractivity (Wildman–Crippen MR) is 78.5 cm³/mol. The van der Waals surface area contributed by atoms with Crippen LogP contribution >= 0.6 is 0 Å². The molecule has 4 nitrogen and oxygen atoms in total. The van der Waals surface area contributed by atoms with Crippen LogP contribution in [0.5, 0.6) is 0 Å². The number of rotatable bonds is 7. The number of carbonyl (C=O) groups excluding carboxylic acids is 1. The number of carbonyl (C=O) groups is 1. The van der Waals surface area contributed by atoms with Gasteiger partial charge in [0.25, 0.3) is 5.91 Å². The fourth-order valence-electron chi connectivity index (χ4n) is 1.88. The zero-order valence-corrected chi connectivity index (χ0v) is 12.8. The van der Waals surface area contributed by atoms with E-state index in [0.717, 1.165) is 12.1 Å². The number of hydrogen-bond acceptors (Lipinski definition) is 3. The van der Waals surface area contributed by atoms with E-state index < -0.39 is 17.5 Å². The smallest absolute Gasteiger partial charge is 0.251 e. The standard InChI is InChI=1S/C15H22F2N2O2/c1-5-18-14-11(16)6-10(7-12(14)17)15(20)19-13(8-21-4)9(2)3/h6-7,9,13,18H,5,8H2,1-4H3,(H,19,20). The van der Waals surface area contributed by atoms with Gasteiger partial charge in [-0.3, -0.25) is 4.79 Å². The van der Waals surface area contributed by atoms with Crippen LogP contribution in [-0.4, -0.2) is 32.2 Å². The highest BCUT2D eigenvalue weighted by atomic mass is 19.1. The highest BCUT2D eigenvalue weighted by Crippen LogP contribution is 2.20. The molecule has 1 atom stereocenters. The third-order valence-corrected chi connectivity index (χ3v) is 3.13. The van der Waals surface area contributed by atoms with Gasteiger partial charge in [0.2, 0.25) is 0 Å². The van der Waals surface area contributed by atoms with E-state index in [2.05, 4.69) is 10.6 Å². The van der Waals surface area contributed by atoms with Gasteiger partial charge in [0, 0.05) is 19.2 Å². The molecule has 1 unspecified atom stereocenters. The zero-order valence-electron chi connectivity index (χ0n) is 12.8. The van der Waals surface area contributed by atoms with Crippen LogP contribution in [-0.2, 0) is 4.74 Å². The van der Waals surface area contributed by atoms with Gasteiger partial charge < -0.3 is 15.4 Å². The normalized spacial score (nSPS) is 12.3. The average Bonchev–Trinajstić information content (AvgIpc) is 2.41. The first kappa shape index (κ1) is 17.4. The van der Waals surface area contributed by atoms with Gasteiger partial charge in [-0.25, -0.2) is 8.78 Å². The second-order valence-electron chi connectivity index (χ2n) is 5.12. The number of nitrogens with one attached hydrogen (secondary N) is 2. The number of benzene rings is 1. The van der Waals surface area contributed by atoms with Gasteiger partial charge in [-0.1, -0.05) is 13.8 Å². The molecule has 21 heavy (non-hydrogen) atoms. The lowest BCUT2D eigenvalue weighted by Gasteiger charge is -2.21. The Labute approximate surface area is 123 Å². The van der Waals surface area contributed by atoms with Crippen LogP contribution in [0.1, 0.15) is 31.1 Å². The summed E-state index contributed by atoms with van der Waals surface area (Å²) in [6, 6.07) is 1.84. The van der Waals surface area contributed by atoms with Crippen molar-refractivity contribution in [1.82, 2.24) is 5.32 Å². The minimum absolute atomic E-state index is 0.0478. The topological polar surface area (TPSA) is 50.4 Å². The molecule has 2 N–H and O–H groups in total. The zero-order chi connectivity index (χ0) is 16.0. The van der Waals surface area contributed by atoms with Crippen molar-refractivity contribution in [3.63, 3.8) is 0 Å². The van der Waals surface area contributed by atoms with Crippen LogP contribution in [0, 0.1) is 17.6 Å². The molecule has 6 heteroatoms. The van der Waals surface area contributed by atoms with Crippen molar-refractivity contribution in [2.75, 3.05) is 25.6 Å². The summed E-state index contributed by atoms with van der Waals surface area (Å²) in [5.41, 5.74) is -0.264. The molecule has 0 bridgehead atoms. The molecule has 1 aromatic carbocycles. The molecule has 1 rings (SSSR count). The predicted octanol–water partition coefficient (Wildman–Crippen LogP) is 2.80. The summed E-state index contributed by atoms with van der Waals surface area (Å²) in [6.07, 6.45) is 0. The summed E-state index contributed by atoms with van der Waals surface area (Å²) >= 11 is 0. The molecule has 0 heterocycles. The van der Waals surface area contributed by atoms with E-state index in [1.165, 1.54) is 7.11 Å². The third kappa shape index (κ3) is 4.67. The molecule has 0 aromatic heterocycles. The summed E-state index contributed by atoms with van der Waals surface area (Å²) in [5, 5.41) is 5.31. The van der Waals surface area contributed by atoms with Crippen molar-refractivity contribution in [3.8, 4) is 0 Å². The highest BCUT2D eigenvalue weighted by Gasteiger charge is 2.19. The minimum atomic E-state index is -0.783. The van der Waals surface area contributed by atoms with Crippen LogP contribution in [0.3, 0.4) is 0 Å². The third-order valence-electron chi connectivity index (χ3n) is 3.13. The number of anilines is 1. The van der Waals surface area contributed by atoms with E-state index in [0.29, 0.717) is 13.2 Å². The van der Waals surface area contributed by atoms with Gasteiger partial charge in [0.1, 0.15) is 17.3 Å². The van der Waals surface area contributed by atoms with Crippen molar-refractivity contribution >= 4 is 11.6 Å². The Morgan fingerprint density at radius 3 is 2.29 bits per heavy atom. The monoisotopic (exact) mass is 300 g/mol. The first-order chi connectivity index (χ1) is 9.90. The Morgan fingerprint density at radius 2 is 1.86 bits per heavy atom. The van der Waals surface area contributed by atoms with Crippen LogP contribution in [0.15, 0.2) is 12.1 Å². The molecule has 0 fully saturated rings. The molecule has 1 aromatic rings. The van der Waals surface area contributed by atoms with Crippen molar-refractivity contribution in [2.45, 2.75) is 26.8 Å². The van der Waals surface area contributed by atoms with Gasteiger partial charge in [-0.2, -0.15) is 0 Å². The molecule has 0 aliphatic carbocycles. The first-order valence-electron chi connectivity index (χ1n) is 6.93. The lowest BCUT2D eigenvalue weighted by atomic mass is 10.0. The van der Waals surface area contributed by atoms with Gasteiger partial charge >= 0.3 is 0 Å². The molecule has 0 aliphatic rings. The number of halogens is 2. The SMILES string of the molecule is CCNc1c(F)cc(C(=O)NC(COC)C(C)C)cc1F. The van der Waals surface area contributed by atoms with E-state index in [1.807, 2.05) is 13.8 Å². The number of methoxy groups -OCH3 is 1. The van der Waals surface area contributed by atoms with E-state index >= 15 is 0 Å². The lowest BCUT2D eigenvalue weighted by molar-refractivity contribution is 0.0866. The Kier molecular flexibility index (Phi) is 6.55. The maximum atomic E-state index is 13.8. The van der Waals surface area contributed by atoms with Crippen LogP contribution in [0.2, 0.25) is 0 Å². The van der Waals surface area contributed by atoms with Crippen molar-refractivity contribution in [3.05, 3.63) is 29.3 Å². The summed E-state index contributed by atoms with van der Waals surface area (Å²) in [6.45, 7) is 6.32. The molecule has 0 saturated carbocycles. The Hall–Kier alpha value is -1.69. The largest absolute Gasteiger partial charge is 0.383 e. The maximum absolute atomic E-state index is 13.8. The molecule has 0 spiro atoms. The van der Waals surface area contributed by atoms with Gasteiger partial charge in [-0.05, 0) is 25.0 Å². The van der Waals surface area contributed by atoms with E-state index in [1.54, 1.807) is 6.92 Å². The quantitative estimate of drug-likeness (QED) is 0.814. The summed E-state index contributed by atoms with van der Waals surface area (Å²) < 4.78 is 32.6. The molecular weight excluding hydrogens is 278 g/mol. The molecular formula is C15H22F2N2O2. The Balaban J connectivity index is 2.92. The fourth-order valence-corrected chi connectivity index (χ4v) is 1.88. The van der Waals surface area contributed by atoms with Gasteiger partial charge in [0.05, 0.1) is 12.6 Å². The van der Waals surface area contributed by atoms with Crippen molar-refractivity contribution < 1.29 is 18.3 Å². The lowest BCUT2D eigenvalue weighted by Crippen LogP contribution is -2.41. The van der Waals surface area contributed by atoms with Crippen molar-refractivity contribution in [2.24, 2.45) is 5.92 Å². The van der Waals surface area contributed by atoms with Gasteiger partial charge in [-0.15, -0.1) is 0 Å². The van der Waals surface area contributed by atoms with E-state index in [4.69, 9.17) is 4.74 Å². The second kappa shape index (κ2) is 7.93. The van der Waals surface area contributed by atoms with E-state index in [-0.39, 0.29) is 23.2 Å². The summed E-state index contributed by atoms with van der Waals surface area (Å²) in [4.78, 5) is 12.1. The fraction of sp³-hybridized carbons (Fsp3) is 0.533. The van der Waals surface area contributed by atoms with Crippen LogP contribution < -0.4 is 10.6 Å². The number of amides is 1. The summed E-state index contributed by atoms with van der Waals surface area (Å²) in [7, 11) is 1.53. The average molecular weight is 300 g/mol. The van der Waals surface area contributed by atoms with Crippen LogP contribution in [0.25, 0.3) is 0 Å². The molecule has 118 valence electrons. The molecule has 1 amide bonds. The number of hydrogen-bond donors (Lipinski definition) is 2. The summed E-state index contributed by atoms with van der Waals surface area (Å²) in [5.74, 6) is -1.94. The highest BCUT2D eigenvalue weighted by molar-refractivity contribution is 5.94. The number of ether oxygens (including phenoxy) is 1. The molecule has 0 aliphatic heterocycles. The minimum Gasteiger partial charge on any atom is -0.383 e. The molecule has 0 saturated heterocycles. The maximum Gasteiger partial charge on any atom is 0.251 e. The first-order valence-corrected chi connectivity index (χ1v) is 6.93. The Morgan fingerprint density at radius 1 is 1.29 bits per heavy atom. The van der Waals surface area contributed by atoms with Crippen molar-refractivity contribution in [1.29, 1.82) is 0 Å². The van der Waals surface area contributed by atoms with Crippen LogP contribution in [0.4, 0.5) is 14.5 Å². The Bertz CT molecular complexity index is 470. The molecule has 0 radical (unpaired) electrons. The van der Waals surface area contributed by atoms with E-state index in [9.17, 15) is 13.6 Å². The second-order valence-corrected chi connectivity index (χ2v) is 5.12. The van der Waals surface area contributed by atoms with Gasteiger partial charge in [0.15, 0.2) is 0 Å².